The molecule has 1 heterocycles. The molecular weight excluding hydrogens is 144 g/mol. The molecule has 1 rings (SSSR count). The Kier molecular flexibility index (Phi) is 2.40. The van der Waals surface area contributed by atoms with Crippen molar-refractivity contribution < 1.29 is 0 Å². The molecule has 0 saturated carbocycles. The molecule has 0 bridgehead atoms. The zero-order valence-corrected chi connectivity index (χ0v) is 6.41. The average molecular weight is 156 g/mol. The summed E-state index contributed by atoms with van der Waals surface area (Å²) in [6, 6.07) is 0. The second kappa shape index (κ2) is 3.31. The van der Waals surface area contributed by atoms with Gasteiger partial charge in [0.1, 0.15) is 0 Å². The Morgan fingerprint density at radius 2 is 2.36 bits per heavy atom. The highest BCUT2D eigenvalue weighted by atomic mass is 15.5. The Morgan fingerprint density at radius 1 is 1.64 bits per heavy atom. The van der Waals surface area contributed by atoms with Gasteiger partial charge in [-0.1, -0.05) is 5.21 Å². The maximum absolute atomic E-state index is 5.58. The van der Waals surface area contributed by atoms with E-state index >= 15 is 0 Å². The third kappa shape index (κ3) is 1.66. The molecule has 0 fully saturated rings. The van der Waals surface area contributed by atoms with Gasteiger partial charge in [0.05, 0.1) is 5.69 Å². The van der Waals surface area contributed by atoms with E-state index in [-0.39, 0.29) is 0 Å². The first-order valence-corrected chi connectivity index (χ1v) is 3.35. The number of aryl methyl sites for hydroxylation is 1. The molecule has 0 aromatic carbocycles. The van der Waals surface area contributed by atoms with Gasteiger partial charge < -0.3 is 5.73 Å². The van der Waals surface area contributed by atoms with Gasteiger partial charge in [0.2, 0.25) is 0 Å². The number of H-pyrrole nitrogens is 1. The summed E-state index contributed by atoms with van der Waals surface area (Å²) in [7, 11) is 0. The van der Waals surface area contributed by atoms with E-state index in [4.69, 9.17) is 11.6 Å². The van der Waals surface area contributed by atoms with Crippen LogP contribution in [0, 0.1) is 6.92 Å². The highest BCUT2D eigenvalue weighted by molar-refractivity contribution is 5.39. The zero-order valence-electron chi connectivity index (χ0n) is 6.41. The second-order valence-corrected chi connectivity index (χ2v) is 2.24. The predicted molar refractivity (Wildman–Crippen MR) is 41.7 cm³/mol. The molecule has 6 heteroatoms. The number of nitrogens with zero attached hydrogens (tertiary/aromatic N) is 3. The molecular formula is C5H12N6. The van der Waals surface area contributed by atoms with Crippen LogP contribution >= 0.6 is 0 Å². The van der Waals surface area contributed by atoms with Gasteiger partial charge in [-0.2, -0.15) is 0 Å². The van der Waals surface area contributed by atoms with E-state index in [2.05, 4.69) is 15.4 Å². The summed E-state index contributed by atoms with van der Waals surface area (Å²) in [5.41, 5.74) is 6.15. The van der Waals surface area contributed by atoms with Crippen molar-refractivity contribution >= 4 is 5.82 Å². The molecule has 0 radical (unpaired) electrons. The van der Waals surface area contributed by atoms with E-state index in [9.17, 15) is 0 Å². The highest BCUT2D eigenvalue weighted by Gasteiger charge is 2.06. The lowest BCUT2D eigenvalue weighted by molar-refractivity contribution is 0.807. The molecule has 0 atom stereocenters. The van der Waals surface area contributed by atoms with Crippen LogP contribution in [0.25, 0.3) is 0 Å². The van der Waals surface area contributed by atoms with Crippen LogP contribution in [0.1, 0.15) is 5.69 Å². The van der Waals surface area contributed by atoms with Gasteiger partial charge in [0.25, 0.3) is 0 Å². The summed E-state index contributed by atoms with van der Waals surface area (Å²) < 4.78 is 0. The number of anilines is 1. The van der Waals surface area contributed by atoms with Gasteiger partial charge in [0, 0.05) is 13.1 Å². The summed E-state index contributed by atoms with van der Waals surface area (Å²) in [4.78, 5) is 0. The lowest BCUT2D eigenvalue weighted by atomic mass is 10.4. The zero-order chi connectivity index (χ0) is 8.27. The normalized spacial score (nSPS) is 10.1. The van der Waals surface area contributed by atoms with E-state index < -0.39 is 0 Å². The van der Waals surface area contributed by atoms with Crippen molar-refractivity contribution in [2.75, 3.05) is 18.1 Å². The smallest absolute Gasteiger partial charge is 0.187 e. The van der Waals surface area contributed by atoms with Gasteiger partial charge in [-0.05, 0) is 6.92 Å². The number of hydrazine groups is 1. The molecule has 0 aliphatic heterocycles. The fourth-order valence-corrected chi connectivity index (χ4v) is 0.790. The minimum Gasteiger partial charge on any atom is -0.329 e. The molecule has 1 aromatic heterocycles. The number of hydrogen-bond acceptors (Lipinski definition) is 5. The van der Waals surface area contributed by atoms with Crippen molar-refractivity contribution in [3.63, 3.8) is 0 Å². The molecule has 5 N–H and O–H groups in total. The Bertz CT molecular complexity index is 219. The number of aromatic amines is 1. The molecule has 0 amide bonds. The topological polar surface area (TPSA) is 96.8 Å². The molecule has 0 aliphatic carbocycles. The predicted octanol–water partition coefficient (Wildman–Crippen LogP) is -1.25. The van der Waals surface area contributed by atoms with Crippen LogP contribution in [-0.2, 0) is 0 Å². The summed E-state index contributed by atoms with van der Waals surface area (Å²) in [6.07, 6.45) is 0. The van der Waals surface area contributed by atoms with Crippen molar-refractivity contribution in [2.24, 2.45) is 11.6 Å². The number of rotatable bonds is 3. The molecule has 0 unspecified atom stereocenters. The van der Waals surface area contributed by atoms with Crippen LogP contribution in [-0.4, -0.2) is 28.5 Å². The minimum absolute atomic E-state index is 0.503. The van der Waals surface area contributed by atoms with Crippen LogP contribution in [0.5, 0.6) is 0 Å². The molecule has 11 heavy (non-hydrogen) atoms. The quantitative estimate of drug-likeness (QED) is 0.375. The number of hydrogen-bond donors (Lipinski definition) is 3. The average Bonchev–Trinajstić information content (AvgIpc) is 2.36. The van der Waals surface area contributed by atoms with Gasteiger partial charge in [-0.3, -0.25) is 10.1 Å². The molecule has 62 valence electrons. The molecule has 1 aromatic rings. The molecule has 0 saturated heterocycles. The fourth-order valence-electron chi connectivity index (χ4n) is 0.790. The van der Waals surface area contributed by atoms with Crippen LogP contribution < -0.4 is 16.6 Å². The van der Waals surface area contributed by atoms with Crippen LogP contribution in [0.2, 0.25) is 0 Å². The van der Waals surface area contributed by atoms with Crippen molar-refractivity contribution in [2.45, 2.75) is 6.92 Å². The fraction of sp³-hybridized carbons (Fsp3) is 0.600. The first-order chi connectivity index (χ1) is 5.25. The highest BCUT2D eigenvalue weighted by Crippen LogP contribution is 2.07. The van der Waals surface area contributed by atoms with Crippen molar-refractivity contribution in [3.05, 3.63) is 5.69 Å². The Morgan fingerprint density at radius 3 is 2.82 bits per heavy atom. The lowest BCUT2D eigenvalue weighted by Crippen LogP contribution is -2.36. The van der Waals surface area contributed by atoms with Crippen molar-refractivity contribution in [1.82, 2.24) is 15.4 Å². The van der Waals surface area contributed by atoms with Gasteiger partial charge in [-0.25, -0.2) is 5.84 Å². The second-order valence-electron chi connectivity index (χ2n) is 2.24. The van der Waals surface area contributed by atoms with E-state index in [1.54, 1.807) is 0 Å². The van der Waals surface area contributed by atoms with Gasteiger partial charge >= 0.3 is 0 Å². The first-order valence-electron chi connectivity index (χ1n) is 3.35. The van der Waals surface area contributed by atoms with Crippen LogP contribution in [0.15, 0.2) is 0 Å². The maximum Gasteiger partial charge on any atom is 0.187 e. The number of nitrogens with one attached hydrogen (secondary N) is 1. The first kappa shape index (κ1) is 7.96. The van der Waals surface area contributed by atoms with Gasteiger partial charge in [0.15, 0.2) is 5.82 Å². The molecule has 0 aliphatic rings. The minimum atomic E-state index is 0.503. The lowest BCUT2D eigenvalue weighted by Gasteiger charge is -2.13. The molecule has 0 spiro atoms. The summed E-state index contributed by atoms with van der Waals surface area (Å²) in [5, 5.41) is 11.5. The van der Waals surface area contributed by atoms with Crippen LogP contribution in [0.4, 0.5) is 5.82 Å². The van der Waals surface area contributed by atoms with Crippen molar-refractivity contribution in [3.8, 4) is 0 Å². The summed E-state index contributed by atoms with van der Waals surface area (Å²) in [6.45, 7) is 2.93. The Balaban J connectivity index is 2.67. The number of nitrogens with two attached hydrogens (primary N) is 2. The third-order valence-electron chi connectivity index (χ3n) is 1.34. The SMILES string of the molecule is Cc1[nH]nnc1N(N)CCN. The third-order valence-corrected chi connectivity index (χ3v) is 1.34. The van der Waals surface area contributed by atoms with E-state index in [1.807, 2.05) is 6.92 Å². The maximum atomic E-state index is 5.58. The number of aromatic nitrogens is 3. The van der Waals surface area contributed by atoms with Gasteiger partial charge in [-0.15, -0.1) is 5.10 Å². The van der Waals surface area contributed by atoms with E-state index in [0.717, 1.165) is 5.69 Å². The largest absolute Gasteiger partial charge is 0.329 e. The van der Waals surface area contributed by atoms with E-state index in [1.165, 1.54) is 5.01 Å². The Hall–Kier alpha value is -1.14. The molecule has 6 nitrogen and oxygen atoms in total. The summed E-state index contributed by atoms with van der Waals surface area (Å²) >= 11 is 0. The standard InChI is InChI=1S/C5H12N6/c1-4-5(9-10-8-4)11(7)3-2-6/h2-3,6-7H2,1H3,(H,8,9,10). The summed E-state index contributed by atoms with van der Waals surface area (Å²) in [5.74, 6) is 6.23. The Labute approximate surface area is 64.5 Å². The van der Waals surface area contributed by atoms with Crippen molar-refractivity contribution in [1.29, 1.82) is 0 Å². The van der Waals surface area contributed by atoms with E-state index in [0.29, 0.717) is 18.9 Å². The van der Waals surface area contributed by atoms with Crippen LogP contribution in [0.3, 0.4) is 0 Å². The monoisotopic (exact) mass is 156 g/mol.